The minimum atomic E-state index is -0.475. The first-order valence-corrected chi connectivity index (χ1v) is 9.37. The van der Waals surface area contributed by atoms with E-state index in [1.807, 2.05) is 31.4 Å². The summed E-state index contributed by atoms with van der Waals surface area (Å²) >= 11 is 6.88. The highest BCUT2D eigenvalue weighted by Crippen LogP contribution is 2.37. The van der Waals surface area contributed by atoms with Gasteiger partial charge in [-0.1, -0.05) is 19.4 Å². The monoisotopic (exact) mass is 366 g/mol. The van der Waals surface area contributed by atoms with Crippen LogP contribution in [0.5, 0.6) is 0 Å². The quantitative estimate of drug-likeness (QED) is 0.711. The summed E-state index contributed by atoms with van der Waals surface area (Å²) in [5.74, 6) is 0.575. The molecule has 2 aromatic rings. The van der Waals surface area contributed by atoms with Gasteiger partial charge in [0.1, 0.15) is 6.04 Å². The molecule has 1 saturated carbocycles. The number of carbonyl (C=O) groups excluding carboxylic acids is 1. The van der Waals surface area contributed by atoms with Crippen molar-refractivity contribution in [3.63, 3.8) is 0 Å². The highest BCUT2D eigenvalue weighted by atomic mass is 32.1. The highest BCUT2D eigenvalue weighted by Gasteiger charge is 2.39. The molecule has 2 heterocycles. The van der Waals surface area contributed by atoms with Crippen LogP contribution in [0.2, 0.25) is 0 Å². The second kappa shape index (κ2) is 6.78. The van der Waals surface area contributed by atoms with Gasteiger partial charge in [0.2, 0.25) is 5.91 Å². The van der Waals surface area contributed by atoms with E-state index in [2.05, 4.69) is 15.5 Å². The zero-order valence-corrected chi connectivity index (χ0v) is 15.4. The molecule has 1 aliphatic carbocycles. The van der Waals surface area contributed by atoms with E-state index in [4.69, 9.17) is 12.2 Å². The number of nitrogens with one attached hydrogen (secondary N) is 2. The summed E-state index contributed by atoms with van der Waals surface area (Å²) in [6, 6.07) is 3.41. The van der Waals surface area contributed by atoms with E-state index in [1.165, 1.54) is 0 Å². The predicted molar refractivity (Wildman–Crippen MR) is 96.4 cm³/mol. The number of aliphatic hydroxyl groups is 1. The highest BCUT2D eigenvalue weighted by molar-refractivity contribution is 7.71. The van der Waals surface area contributed by atoms with Crippen molar-refractivity contribution in [2.75, 3.05) is 6.61 Å². The van der Waals surface area contributed by atoms with Crippen LogP contribution in [-0.2, 0) is 4.79 Å². The molecule has 1 aliphatic rings. The molecule has 3 rings (SSSR count). The molecule has 0 spiro atoms. The van der Waals surface area contributed by atoms with Crippen molar-refractivity contribution >= 4 is 29.5 Å². The lowest BCUT2D eigenvalue weighted by molar-refractivity contribution is -0.125. The molecule has 6 nitrogen and oxygen atoms in total. The predicted octanol–water partition coefficient (Wildman–Crippen LogP) is 2.90. The van der Waals surface area contributed by atoms with Crippen molar-refractivity contribution in [2.45, 2.75) is 45.2 Å². The molecule has 3 N–H and O–H groups in total. The van der Waals surface area contributed by atoms with E-state index in [1.54, 1.807) is 15.9 Å². The van der Waals surface area contributed by atoms with Crippen molar-refractivity contribution in [1.82, 2.24) is 20.1 Å². The van der Waals surface area contributed by atoms with Crippen LogP contribution in [0.3, 0.4) is 0 Å². The van der Waals surface area contributed by atoms with Crippen molar-refractivity contribution in [3.05, 3.63) is 22.3 Å². The lowest BCUT2D eigenvalue weighted by Gasteiger charge is -2.31. The van der Waals surface area contributed by atoms with Gasteiger partial charge >= 0.3 is 0 Å². The van der Waals surface area contributed by atoms with Crippen molar-refractivity contribution in [1.29, 1.82) is 0 Å². The Kier molecular flexibility index (Phi) is 4.89. The van der Waals surface area contributed by atoms with Crippen LogP contribution in [0.15, 0.2) is 17.5 Å². The fourth-order valence-electron chi connectivity index (χ4n) is 3.32. The summed E-state index contributed by atoms with van der Waals surface area (Å²) < 4.78 is 2.18. The first-order valence-electron chi connectivity index (χ1n) is 8.08. The van der Waals surface area contributed by atoms with E-state index >= 15 is 0 Å². The smallest absolute Gasteiger partial charge is 0.243 e. The average Bonchev–Trinajstić information content (AvgIpc) is 3.28. The Balaban J connectivity index is 1.82. The first-order chi connectivity index (χ1) is 11.5. The summed E-state index contributed by atoms with van der Waals surface area (Å²) in [5.41, 5.74) is -0.246. The third-order valence-electron chi connectivity index (χ3n) is 4.97. The van der Waals surface area contributed by atoms with Crippen LogP contribution in [0.25, 0.3) is 10.7 Å². The number of rotatable bonds is 5. The molecule has 1 fully saturated rings. The summed E-state index contributed by atoms with van der Waals surface area (Å²) in [7, 11) is 0. The third-order valence-corrected chi connectivity index (χ3v) is 6.13. The Morgan fingerprint density at radius 2 is 2.50 bits per heavy atom. The number of aromatic amines is 1. The van der Waals surface area contributed by atoms with Gasteiger partial charge in [0.05, 0.1) is 11.5 Å². The zero-order valence-electron chi connectivity index (χ0n) is 13.8. The van der Waals surface area contributed by atoms with Gasteiger partial charge in [-0.15, -0.1) is 11.3 Å². The molecule has 0 aliphatic heterocycles. The molecule has 0 unspecified atom stereocenters. The van der Waals surface area contributed by atoms with Gasteiger partial charge in [0.25, 0.3) is 0 Å². The van der Waals surface area contributed by atoms with Crippen LogP contribution in [0.4, 0.5) is 0 Å². The normalized spacial score (nSPS) is 24.9. The molecule has 24 heavy (non-hydrogen) atoms. The molecular formula is C16H22N4O2S2. The van der Waals surface area contributed by atoms with Crippen LogP contribution >= 0.6 is 23.6 Å². The molecule has 0 saturated heterocycles. The summed E-state index contributed by atoms with van der Waals surface area (Å²) in [6.07, 6.45) is 2.83. The fourth-order valence-corrected chi connectivity index (χ4v) is 4.32. The second-order valence-electron chi connectivity index (χ2n) is 6.64. The summed E-state index contributed by atoms with van der Waals surface area (Å²) in [6.45, 7) is 3.93. The molecule has 3 atom stereocenters. The average molecular weight is 367 g/mol. The number of nitrogens with zero attached hydrogens (tertiary/aromatic N) is 2. The van der Waals surface area contributed by atoms with Gasteiger partial charge in [-0.2, -0.15) is 5.10 Å². The number of hydrogen-bond donors (Lipinski definition) is 3. The van der Waals surface area contributed by atoms with E-state index in [-0.39, 0.29) is 24.0 Å². The van der Waals surface area contributed by atoms with Gasteiger partial charge < -0.3 is 10.4 Å². The number of hydrogen-bond acceptors (Lipinski definition) is 5. The van der Waals surface area contributed by atoms with Gasteiger partial charge in [0.15, 0.2) is 10.6 Å². The van der Waals surface area contributed by atoms with Gasteiger partial charge in [-0.25, -0.2) is 0 Å². The number of amides is 1. The molecule has 0 aromatic carbocycles. The Morgan fingerprint density at radius 1 is 1.71 bits per heavy atom. The van der Waals surface area contributed by atoms with Crippen LogP contribution in [-0.4, -0.2) is 38.4 Å². The number of aromatic nitrogens is 3. The van der Waals surface area contributed by atoms with Crippen molar-refractivity contribution in [2.24, 2.45) is 5.41 Å². The Hall–Kier alpha value is -1.51. The van der Waals surface area contributed by atoms with E-state index < -0.39 is 6.04 Å². The van der Waals surface area contributed by atoms with E-state index in [0.717, 1.165) is 24.1 Å². The zero-order chi connectivity index (χ0) is 17.3. The minimum absolute atomic E-state index is 0.0105. The Labute approximate surface area is 149 Å². The Bertz CT molecular complexity index is 767. The molecule has 0 radical (unpaired) electrons. The van der Waals surface area contributed by atoms with Crippen LogP contribution in [0, 0.1) is 10.2 Å². The maximum atomic E-state index is 12.8. The summed E-state index contributed by atoms with van der Waals surface area (Å²) in [4.78, 5) is 13.7. The summed E-state index contributed by atoms with van der Waals surface area (Å²) in [5, 5.41) is 21.8. The molecule has 2 aromatic heterocycles. The van der Waals surface area contributed by atoms with E-state index in [0.29, 0.717) is 10.6 Å². The SMILES string of the molecule is C[C@H](C(=O)N[C@@H]1CCC[C@@]1(C)CO)n1c(-c2cccs2)n[nH]c1=S. The topological polar surface area (TPSA) is 82.9 Å². The van der Waals surface area contributed by atoms with Crippen LogP contribution < -0.4 is 5.32 Å². The number of H-pyrrole nitrogens is 1. The molecule has 8 heteroatoms. The maximum absolute atomic E-state index is 12.8. The van der Waals surface area contributed by atoms with E-state index in [9.17, 15) is 9.90 Å². The second-order valence-corrected chi connectivity index (χ2v) is 7.98. The third kappa shape index (κ3) is 3.05. The molecule has 130 valence electrons. The van der Waals surface area contributed by atoms with Crippen molar-refractivity contribution in [3.8, 4) is 10.7 Å². The lowest BCUT2D eigenvalue weighted by Crippen LogP contribution is -2.46. The molecule has 0 bridgehead atoms. The van der Waals surface area contributed by atoms with Gasteiger partial charge in [0, 0.05) is 11.5 Å². The lowest BCUT2D eigenvalue weighted by atomic mass is 9.85. The molecular weight excluding hydrogens is 344 g/mol. The number of carbonyl (C=O) groups is 1. The Morgan fingerprint density at radius 3 is 3.17 bits per heavy atom. The molecule has 1 amide bonds. The maximum Gasteiger partial charge on any atom is 0.243 e. The van der Waals surface area contributed by atoms with Gasteiger partial charge in [-0.3, -0.25) is 14.5 Å². The standard InChI is InChI=1S/C16H22N4O2S2/c1-10(14(22)17-12-6-3-7-16(12,2)9-21)20-13(18-19-15(20)23)11-5-4-8-24-11/h4-5,8,10,12,21H,3,6-7,9H2,1-2H3,(H,17,22)(H,19,23)/t10-,12-,16+/m1/s1. The first kappa shape index (κ1) is 17.3. The largest absolute Gasteiger partial charge is 0.396 e. The minimum Gasteiger partial charge on any atom is -0.396 e. The van der Waals surface area contributed by atoms with Crippen molar-refractivity contribution < 1.29 is 9.90 Å². The van der Waals surface area contributed by atoms with Crippen LogP contribution in [0.1, 0.15) is 39.2 Å². The fraction of sp³-hybridized carbons (Fsp3) is 0.562. The van der Waals surface area contributed by atoms with Gasteiger partial charge in [-0.05, 0) is 43.4 Å². The number of thiophene rings is 1. The number of aliphatic hydroxyl groups excluding tert-OH is 1.